The molecule has 3 unspecified atom stereocenters. The number of aromatic amines is 2. The number of phosphoric acid groups is 1. The first-order valence-corrected chi connectivity index (χ1v) is 17.2. The van der Waals surface area contributed by atoms with Gasteiger partial charge in [0.2, 0.25) is 11.9 Å². The number of nitrogen functional groups attached to an aromatic ring is 2. The molecule has 0 saturated carbocycles. The summed E-state index contributed by atoms with van der Waals surface area (Å²) in [5.41, 5.74) is 9.47. The third-order valence-corrected chi connectivity index (χ3v) is 9.90. The number of H-pyrrole nitrogens is 2. The number of nitrogens with one attached hydrogen (secondary N) is 2. The van der Waals surface area contributed by atoms with Crippen LogP contribution in [0.3, 0.4) is 0 Å². The predicted octanol–water partition coefficient (Wildman–Crippen LogP) is -6.56. The van der Waals surface area contributed by atoms with E-state index in [4.69, 9.17) is 50.8 Å². The maximum atomic E-state index is 13.0. The largest absolute Gasteiger partial charge is 1.00 e. The van der Waals surface area contributed by atoms with Gasteiger partial charge in [0.05, 0.1) is 25.9 Å². The SMILES string of the molecule is Nc1nc2c(ncn2C2O[C@@H]3COP(O)(=S)O[C@H]4[C@@H](O)[C@H](n5cnc6c(=O)[nH]c(N)nc65)O[C@@H]4COP(=O)([O-])O[C@H]3[C@H]2O)c(=O)[nH]1.[K+]. The number of aromatic nitrogens is 8. The van der Waals surface area contributed by atoms with Gasteiger partial charge in [0, 0.05) is 0 Å². The molecule has 7 heterocycles. The Morgan fingerprint density at radius 2 is 1.32 bits per heavy atom. The number of anilines is 2. The van der Waals surface area contributed by atoms with Gasteiger partial charge < -0.3 is 54.5 Å². The Labute approximate surface area is 307 Å². The van der Waals surface area contributed by atoms with Gasteiger partial charge in [0.25, 0.3) is 18.9 Å². The second-order valence-electron chi connectivity index (χ2n) is 10.3. The molecule has 248 valence electrons. The van der Waals surface area contributed by atoms with E-state index in [0.717, 1.165) is 21.8 Å². The summed E-state index contributed by atoms with van der Waals surface area (Å²) >= 11 is 5.16. The molecular weight excluding hydrogens is 721 g/mol. The second kappa shape index (κ2) is 12.9. The van der Waals surface area contributed by atoms with Gasteiger partial charge in [-0.05, 0) is 11.8 Å². The minimum absolute atomic E-state index is 0. The van der Waals surface area contributed by atoms with Gasteiger partial charge in [-0.2, -0.15) is 9.97 Å². The zero-order chi connectivity index (χ0) is 32.7. The number of hydrogen-bond acceptors (Lipinski definition) is 19. The van der Waals surface area contributed by atoms with E-state index in [0.29, 0.717) is 0 Å². The van der Waals surface area contributed by atoms with Crippen LogP contribution in [0.4, 0.5) is 11.9 Å². The number of fused-ring (bicyclic) bond motifs is 4. The molecule has 27 heteroatoms. The molecule has 3 aliphatic heterocycles. The van der Waals surface area contributed by atoms with Gasteiger partial charge >= 0.3 is 58.1 Å². The monoisotopic (exact) mass is 744 g/mol. The molecule has 0 aromatic carbocycles. The van der Waals surface area contributed by atoms with Gasteiger partial charge in [-0.1, -0.05) is 0 Å². The number of ether oxygens (including phenoxy) is 2. The van der Waals surface area contributed by atoms with Crippen LogP contribution in [0, 0.1) is 0 Å². The third-order valence-electron chi connectivity index (χ3n) is 7.37. The zero-order valence-electron chi connectivity index (χ0n) is 23.8. The van der Waals surface area contributed by atoms with Crippen molar-refractivity contribution in [2.24, 2.45) is 0 Å². The second-order valence-corrected chi connectivity index (χ2v) is 14.5. The Hall–Kier alpha value is -1.58. The van der Waals surface area contributed by atoms with Crippen molar-refractivity contribution in [3.8, 4) is 0 Å². The molecule has 10 atom stereocenters. The fourth-order valence-corrected chi connectivity index (χ4v) is 7.78. The van der Waals surface area contributed by atoms with Crippen molar-refractivity contribution < 1.29 is 104 Å². The standard InChI is InChI=1S/C20H24N10O13P2S.K/c21-19-25-13-7(15(33)27-19)23-3-29(13)17-9(31)11-6(41-17)2-39-45(37,46)43-12-5(1-38-44(35,36)42-11)40-18(10(12)32)30-4-24-8-14(30)26-20(22)28-16(8)34;/h3-6,9-12,17-18,31-32H,1-2H2,(H,35,36)(H,37,46)(H3,21,25,27,33)(H3,22,26,28,34);/q;+1/p-1/t5-,6-,9-,10-,11-,12-,17?,18-,45?;/m1./s1. The first kappa shape index (κ1) is 35.2. The van der Waals surface area contributed by atoms with E-state index < -0.39 is 88.0 Å². The molecule has 0 radical (unpaired) electrons. The van der Waals surface area contributed by atoms with Crippen molar-refractivity contribution in [3.05, 3.63) is 33.4 Å². The first-order valence-electron chi connectivity index (χ1n) is 13.1. The Morgan fingerprint density at radius 3 is 1.81 bits per heavy atom. The van der Waals surface area contributed by atoms with Crippen LogP contribution in [0.5, 0.6) is 0 Å². The minimum Gasteiger partial charge on any atom is -0.756 e. The predicted molar refractivity (Wildman–Crippen MR) is 151 cm³/mol. The topological polar surface area (TPSA) is 335 Å². The Kier molecular flexibility index (Phi) is 9.71. The van der Waals surface area contributed by atoms with Gasteiger partial charge in [-0.15, -0.1) is 0 Å². The number of phosphoric ester groups is 1. The number of imidazole rings is 2. The van der Waals surface area contributed by atoms with E-state index in [1.807, 2.05) is 0 Å². The molecule has 9 N–H and O–H groups in total. The number of aliphatic hydroxyl groups is 2. The minimum atomic E-state index is -5.30. The number of rotatable bonds is 2. The molecule has 3 aliphatic rings. The van der Waals surface area contributed by atoms with Crippen LogP contribution in [-0.2, 0) is 43.9 Å². The van der Waals surface area contributed by atoms with Crippen molar-refractivity contribution in [3.63, 3.8) is 0 Å². The van der Waals surface area contributed by atoms with E-state index >= 15 is 0 Å². The summed E-state index contributed by atoms with van der Waals surface area (Å²) in [7, 11) is -5.30. The van der Waals surface area contributed by atoms with Crippen molar-refractivity contribution in [1.82, 2.24) is 39.0 Å². The number of nitrogens with two attached hydrogens (primary N) is 2. The maximum absolute atomic E-state index is 13.0. The molecule has 3 saturated heterocycles. The normalized spacial score (nSPS) is 36.3. The average molecular weight is 745 g/mol. The molecule has 0 aliphatic carbocycles. The summed E-state index contributed by atoms with van der Waals surface area (Å²) in [5.74, 6) is -0.519. The quantitative estimate of drug-likeness (QED) is 0.0741. The number of aliphatic hydroxyl groups excluding tert-OH is 2. The molecule has 0 amide bonds. The maximum Gasteiger partial charge on any atom is 1.00 e. The summed E-state index contributed by atoms with van der Waals surface area (Å²) in [6.45, 7) is -5.81. The van der Waals surface area contributed by atoms with Crippen LogP contribution in [0.15, 0.2) is 22.2 Å². The Morgan fingerprint density at radius 1 is 0.872 bits per heavy atom. The van der Waals surface area contributed by atoms with Crippen LogP contribution in [0.1, 0.15) is 12.5 Å². The summed E-state index contributed by atoms with van der Waals surface area (Å²) in [4.78, 5) is 68.9. The average Bonchev–Trinajstić information content (AvgIpc) is 3.72. The molecule has 4 aromatic rings. The van der Waals surface area contributed by atoms with Crippen molar-refractivity contribution >= 4 is 60.6 Å². The zero-order valence-corrected chi connectivity index (χ0v) is 29.5. The van der Waals surface area contributed by atoms with E-state index in [-0.39, 0.29) is 85.6 Å². The van der Waals surface area contributed by atoms with Crippen LogP contribution in [0.25, 0.3) is 22.3 Å². The Bertz CT molecular complexity index is 1920. The number of hydrogen-bond donors (Lipinski definition) is 7. The van der Waals surface area contributed by atoms with Gasteiger partial charge in [-0.3, -0.25) is 37.8 Å². The van der Waals surface area contributed by atoms with E-state index in [9.17, 15) is 34.2 Å². The first-order chi connectivity index (χ1) is 21.7. The Balaban J connectivity index is 0.00000386. The smallest absolute Gasteiger partial charge is 0.756 e. The fraction of sp³-hybridized carbons (Fsp3) is 0.500. The molecule has 0 spiro atoms. The summed E-state index contributed by atoms with van der Waals surface area (Å²) in [6, 6.07) is 0. The number of nitrogens with zero attached hydrogens (tertiary/aromatic N) is 6. The van der Waals surface area contributed by atoms with Crippen LogP contribution in [0.2, 0.25) is 0 Å². The molecule has 23 nitrogen and oxygen atoms in total. The summed E-state index contributed by atoms with van der Waals surface area (Å²) in [6.07, 6.45) is -10.2. The van der Waals surface area contributed by atoms with Gasteiger partial charge in [-0.25, -0.2) is 9.97 Å². The van der Waals surface area contributed by atoms with Crippen molar-refractivity contribution in [1.29, 1.82) is 0 Å². The molecule has 4 aromatic heterocycles. The molecule has 7 rings (SSSR count). The van der Waals surface area contributed by atoms with E-state index in [1.165, 1.54) is 0 Å². The van der Waals surface area contributed by atoms with Gasteiger partial charge in [0.15, 0.2) is 34.8 Å². The molecule has 0 bridgehead atoms. The summed E-state index contributed by atoms with van der Waals surface area (Å²) < 4.78 is 48.2. The third kappa shape index (κ3) is 6.55. The van der Waals surface area contributed by atoms with Crippen molar-refractivity contribution in [2.45, 2.75) is 49.1 Å². The van der Waals surface area contributed by atoms with Gasteiger partial charge in [0.1, 0.15) is 36.6 Å². The van der Waals surface area contributed by atoms with Crippen LogP contribution in [-0.4, -0.2) is 104 Å². The summed E-state index contributed by atoms with van der Waals surface area (Å²) in [5, 5.41) is 22.3. The fourth-order valence-electron chi connectivity index (χ4n) is 5.38. The molecule has 3 fully saturated rings. The van der Waals surface area contributed by atoms with Crippen molar-refractivity contribution in [2.75, 3.05) is 24.7 Å². The van der Waals surface area contributed by atoms with E-state index in [1.54, 1.807) is 0 Å². The van der Waals surface area contributed by atoms with E-state index in [2.05, 4.69) is 29.9 Å². The van der Waals surface area contributed by atoms with Crippen LogP contribution >= 0.6 is 14.5 Å². The van der Waals surface area contributed by atoms with Crippen LogP contribution < -0.4 is 78.9 Å². The molecular formula is C20H23KN10O13P2S. The molecule has 47 heavy (non-hydrogen) atoms.